The number of anilines is 1. The van der Waals surface area contributed by atoms with E-state index in [4.69, 9.17) is 4.74 Å². The van der Waals surface area contributed by atoms with Gasteiger partial charge in [0.1, 0.15) is 12.3 Å². The van der Waals surface area contributed by atoms with E-state index in [1.807, 2.05) is 13.0 Å². The van der Waals surface area contributed by atoms with Crippen molar-refractivity contribution in [3.8, 4) is 5.75 Å². The molecule has 1 aliphatic rings. The zero-order valence-electron chi connectivity index (χ0n) is 15.4. The van der Waals surface area contributed by atoms with Gasteiger partial charge >= 0.3 is 0 Å². The Bertz CT molecular complexity index is 997. The molecule has 26 heavy (non-hydrogen) atoms. The fourth-order valence-electron chi connectivity index (χ4n) is 3.42. The molecule has 0 spiro atoms. The molecule has 0 amide bonds. The van der Waals surface area contributed by atoms with Crippen LogP contribution in [0.3, 0.4) is 0 Å². The first-order valence-electron chi connectivity index (χ1n) is 9.03. The number of hydrogen-bond donors (Lipinski definition) is 0. The van der Waals surface area contributed by atoms with Gasteiger partial charge in [-0.2, -0.15) is 4.57 Å². The van der Waals surface area contributed by atoms with Gasteiger partial charge in [0, 0.05) is 35.5 Å². The number of nitrogens with zero attached hydrogens (tertiary/aromatic N) is 2. The second-order valence-corrected chi connectivity index (χ2v) is 7.33. The first-order chi connectivity index (χ1) is 12.7. The van der Waals surface area contributed by atoms with Crippen LogP contribution < -0.4 is 14.2 Å². The number of para-hydroxylation sites is 1. The maximum Gasteiger partial charge on any atom is 0.212 e. The van der Waals surface area contributed by atoms with Crippen LogP contribution in [0.15, 0.2) is 64.5 Å². The van der Waals surface area contributed by atoms with Crippen LogP contribution >= 0.6 is 11.8 Å². The average Bonchev–Trinajstić information content (AvgIpc) is 2.97. The van der Waals surface area contributed by atoms with Crippen molar-refractivity contribution in [1.29, 1.82) is 0 Å². The number of aromatic nitrogens is 1. The highest BCUT2D eigenvalue weighted by molar-refractivity contribution is 8.03. The molecule has 0 unspecified atom stereocenters. The van der Waals surface area contributed by atoms with Gasteiger partial charge in [-0.15, -0.1) is 0 Å². The average molecular weight is 364 g/mol. The van der Waals surface area contributed by atoms with Crippen LogP contribution in [0.1, 0.15) is 19.5 Å². The third kappa shape index (κ3) is 2.95. The predicted octanol–water partition coefficient (Wildman–Crippen LogP) is 5.09. The van der Waals surface area contributed by atoms with E-state index < -0.39 is 0 Å². The number of ether oxygens (including phenoxy) is 1. The van der Waals surface area contributed by atoms with Crippen molar-refractivity contribution in [3.63, 3.8) is 0 Å². The molecule has 1 aromatic heterocycles. The SMILES string of the molecule is CCOc1ccc2c(c1)S/C(=C/c1ccc3ccccc3[n+]1CC)N2C. The minimum absolute atomic E-state index is 0.690. The number of aryl methyl sites for hydroxylation is 1. The largest absolute Gasteiger partial charge is 0.494 e. The molecule has 1 aliphatic heterocycles. The summed E-state index contributed by atoms with van der Waals surface area (Å²) in [6.45, 7) is 5.84. The smallest absolute Gasteiger partial charge is 0.212 e. The van der Waals surface area contributed by atoms with Crippen LogP contribution in [0, 0.1) is 0 Å². The monoisotopic (exact) mass is 363 g/mol. The van der Waals surface area contributed by atoms with E-state index in [9.17, 15) is 0 Å². The Hall–Kier alpha value is -2.46. The number of benzene rings is 2. The number of thioether (sulfide) groups is 1. The Morgan fingerprint density at radius 1 is 1.08 bits per heavy atom. The van der Waals surface area contributed by atoms with Crippen molar-refractivity contribution >= 4 is 34.4 Å². The third-order valence-corrected chi connectivity index (χ3v) is 5.86. The van der Waals surface area contributed by atoms with Crippen LogP contribution in [0.25, 0.3) is 17.0 Å². The van der Waals surface area contributed by atoms with Crippen molar-refractivity contribution in [2.75, 3.05) is 18.6 Å². The zero-order valence-corrected chi connectivity index (χ0v) is 16.2. The van der Waals surface area contributed by atoms with Crippen LogP contribution in [-0.2, 0) is 6.54 Å². The second-order valence-electron chi connectivity index (χ2n) is 6.27. The maximum atomic E-state index is 5.65. The molecule has 3 nitrogen and oxygen atoms in total. The molecular formula is C22H23N2OS+. The molecule has 0 saturated heterocycles. The van der Waals surface area contributed by atoms with Crippen LogP contribution in [-0.4, -0.2) is 13.7 Å². The minimum atomic E-state index is 0.690. The number of fused-ring (bicyclic) bond motifs is 2. The Kier molecular flexibility index (Phi) is 4.60. The van der Waals surface area contributed by atoms with Gasteiger partial charge < -0.3 is 9.64 Å². The summed E-state index contributed by atoms with van der Waals surface area (Å²) in [7, 11) is 2.13. The summed E-state index contributed by atoms with van der Waals surface area (Å²) < 4.78 is 8.02. The highest BCUT2D eigenvalue weighted by atomic mass is 32.2. The highest BCUT2D eigenvalue weighted by Crippen LogP contribution is 2.46. The zero-order chi connectivity index (χ0) is 18.1. The van der Waals surface area contributed by atoms with E-state index in [1.54, 1.807) is 11.8 Å². The molecule has 2 heterocycles. The molecule has 0 N–H and O–H groups in total. The Morgan fingerprint density at radius 3 is 2.73 bits per heavy atom. The molecule has 4 heteroatoms. The normalized spacial score (nSPS) is 14.9. The van der Waals surface area contributed by atoms with Crippen molar-refractivity contribution in [2.45, 2.75) is 25.3 Å². The van der Waals surface area contributed by atoms with Gasteiger partial charge in [-0.05, 0) is 44.2 Å². The number of rotatable bonds is 4. The molecule has 3 aromatic rings. The molecule has 0 bridgehead atoms. The molecule has 4 rings (SSSR count). The molecule has 0 radical (unpaired) electrons. The fourth-order valence-corrected chi connectivity index (χ4v) is 4.54. The fraction of sp³-hybridized carbons (Fsp3) is 0.227. The van der Waals surface area contributed by atoms with Gasteiger partial charge in [-0.25, -0.2) is 0 Å². The lowest BCUT2D eigenvalue weighted by Gasteiger charge is -2.13. The lowest BCUT2D eigenvalue weighted by atomic mass is 10.2. The van der Waals surface area contributed by atoms with Gasteiger partial charge in [0.05, 0.1) is 17.3 Å². The lowest BCUT2D eigenvalue weighted by Crippen LogP contribution is -2.36. The first kappa shape index (κ1) is 17.0. The Labute approximate surface area is 158 Å². The van der Waals surface area contributed by atoms with Gasteiger partial charge in [-0.1, -0.05) is 23.9 Å². The van der Waals surface area contributed by atoms with Crippen LogP contribution in [0.4, 0.5) is 5.69 Å². The summed E-state index contributed by atoms with van der Waals surface area (Å²) >= 11 is 1.80. The van der Waals surface area contributed by atoms with E-state index in [-0.39, 0.29) is 0 Å². The summed E-state index contributed by atoms with van der Waals surface area (Å²) in [5.74, 6) is 0.933. The standard InChI is InChI=1S/C22H23N2OS/c1-4-24-17(11-10-16-8-6-7-9-19(16)24)14-22-23(3)20-13-12-18(25-5-2)15-21(20)26-22/h6-15H,4-5H2,1-3H3/q+1. The third-order valence-electron chi connectivity index (χ3n) is 4.71. The van der Waals surface area contributed by atoms with Gasteiger partial charge in [0.25, 0.3) is 0 Å². The second kappa shape index (κ2) is 7.04. The van der Waals surface area contributed by atoms with E-state index >= 15 is 0 Å². The summed E-state index contributed by atoms with van der Waals surface area (Å²) in [4.78, 5) is 3.50. The molecule has 0 fully saturated rings. The van der Waals surface area contributed by atoms with E-state index in [0.29, 0.717) is 6.61 Å². The topological polar surface area (TPSA) is 16.4 Å². The number of hydrogen-bond acceptors (Lipinski definition) is 3. The first-order valence-corrected chi connectivity index (χ1v) is 9.84. The molecular weight excluding hydrogens is 340 g/mol. The van der Waals surface area contributed by atoms with Crippen LogP contribution in [0.2, 0.25) is 0 Å². The Balaban J connectivity index is 1.74. The van der Waals surface area contributed by atoms with Crippen molar-refractivity contribution in [3.05, 3.63) is 65.3 Å². The van der Waals surface area contributed by atoms with Crippen molar-refractivity contribution in [1.82, 2.24) is 0 Å². The highest BCUT2D eigenvalue weighted by Gasteiger charge is 2.24. The minimum Gasteiger partial charge on any atom is -0.494 e. The maximum absolute atomic E-state index is 5.65. The van der Waals surface area contributed by atoms with E-state index in [0.717, 1.165) is 12.3 Å². The molecule has 0 atom stereocenters. The van der Waals surface area contributed by atoms with Crippen LogP contribution in [0.5, 0.6) is 5.75 Å². The predicted molar refractivity (Wildman–Crippen MR) is 110 cm³/mol. The van der Waals surface area contributed by atoms with Gasteiger partial charge in [0.15, 0.2) is 0 Å². The quantitative estimate of drug-likeness (QED) is 0.601. The van der Waals surface area contributed by atoms with E-state index in [2.05, 4.69) is 78.0 Å². The lowest BCUT2D eigenvalue weighted by molar-refractivity contribution is -0.669. The molecule has 0 saturated carbocycles. The van der Waals surface area contributed by atoms with Gasteiger partial charge in [-0.3, -0.25) is 0 Å². The van der Waals surface area contributed by atoms with E-state index in [1.165, 1.54) is 32.2 Å². The van der Waals surface area contributed by atoms with Crippen molar-refractivity contribution < 1.29 is 9.30 Å². The Morgan fingerprint density at radius 2 is 1.92 bits per heavy atom. The summed E-state index contributed by atoms with van der Waals surface area (Å²) in [5.41, 5.74) is 3.72. The molecule has 132 valence electrons. The molecule has 0 aliphatic carbocycles. The summed E-state index contributed by atoms with van der Waals surface area (Å²) in [6, 6.07) is 19.3. The number of pyridine rings is 1. The summed E-state index contributed by atoms with van der Waals surface area (Å²) in [6.07, 6.45) is 2.28. The van der Waals surface area contributed by atoms with Gasteiger partial charge in [0.2, 0.25) is 11.2 Å². The summed E-state index contributed by atoms with van der Waals surface area (Å²) in [5, 5.41) is 2.50. The van der Waals surface area contributed by atoms with Crippen molar-refractivity contribution in [2.24, 2.45) is 0 Å². The molecule has 2 aromatic carbocycles.